The average molecular weight is 165 g/mol. The lowest BCUT2D eigenvalue weighted by atomic mass is 10.4. The van der Waals surface area contributed by atoms with Crippen molar-refractivity contribution in [1.82, 2.24) is 4.98 Å². The minimum atomic E-state index is 0.400. The number of carbonyl (C=O) groups excluding carboxylic acids is 2. The van der Waals surface area contributed by atoms with Gasteiger partial charge in [-0.2, -0.15) is 0 Å². The molecule has 0 spiro atoms. The Morgan fingerprint density at radius 3 is 2.00 bits per heavy atom. The van der Waals surface area contributed by atoms with Gasteiger partial charge in [-0.15, -0.1) is 0 Å². The monoisotopic (exact) mass is 165 g/mol. The fourth-order valence-corrected chi connectivity index (χ4v) is 0.716. The summed E-state index contributed by atoms with van der Waals surface area (Å²) in [6, 6.07) is 4.90. The number of hydrogen-bond acceptors (Lipinski definition) is 3. The molecule has 0 bridgehead atoms. The zero-order chi connectivity index (χ0) is 8.81. The SMILES string of the molecule is O=CNc1cccc(NC=O)n1. The summed E-state index contributed by atoms with van der Waals surface area (Å²) in [5, 5.41) is 4.72. The lowest BCUT2D eigenvalue weighted by molar-refractivity contribution is -0.106. The first-order chi connectivity index (χ1) is 5.86. The second-order valence-electron chi connectivity index (χ2n) is 1.93. The molecule has 0 aromatic carbocycles. The van der Waals surface area contributed by atoms with Gasteiger partial charge >= 0.3 is 0 Å². The molecule has 0 saturated heterocycles. The Balaban J connectivity index is 2.79. The Hall–Kier alpha value is -1.91. The molecule has 5 nitrogen and oxygen atoms in total. The van der Waals surface area contributed by atoms with Crippen molar-refractivity contribution in [1.29, 1.82) is 0 Å². The van der Waals surface area contributed by atoms with Gasteiger partial charge in [0.15, 0.2) is 0 Å². The van der Waals surface area contributed by atoms with Crippen LogP contribution in [0.15, 0.2) is 18.2 Å². The Labute approximate surface area is 68.8 Å². The van der Waals surface area contributed by atoms with Gasteiger partial charge in [0.25, 0.3) is 0 Å². The van der Waals surface area contributed by atoms with Crippen LogP contribution in [0.5, 0.6) is 0 Å². The molecule has 0 fully saturated rings. The third kappa shape index (κ3) is 2.05. The van der Waals surface area contributed by atoms with Crippen molar-refractivity contribution < 1.29 is 9.59 Å². The molecule has 2 N–H and O–H groups in total. The van der Waals surface area contributed by atoms with Gasteiger partial charge in [-0.3, -0.25) is 9.59 Å². The number of carbonyl (C=O) groups is 2. The van der Waals surface area contributed by atoms with Crippen molar-refractivity contribution in [2.75, 3.05) is 10.6 Å². The summed E-state index contributed by atoms with van der Waals surface area (Å²) in [5.74, 6) is 0.800. The molecule has 1 aromatic rings. The van der Waals surface area contributed by atoms with Crippen molar-refractivity contribution in [2.24, 2.45) is 0 Å². The molecule has 62 valence electrons. The van der Waals surface area contributed by atoms with Gasteiger partial charge in [-0.05, 0) is 12.1 Å². The fourth-order valence-electron chi connectivity index (χ4n) is 0.716. The van der Waals surface area contributed by atoms with E-state index < -0.39 is 0 Å². The van der Waals surface area contributed by atoms with Crippen LogP contribution in [0.1, 0.15) is 0 Å². The molecule has 0 aliphatic rings. The maximum Gasteiger partial charge on any atom is 0.212 e. The minimum Gasteiger partial charge on any atom is -0.313 e. The van der Waals surface area contributed by atoms with E-state index in [1.807, 2.05) is 0 Å². The maximum absolute atomic E-state index is 10.0. The molecule has 0 aliphatic carbocycles. The summed E-state index contributed by atoms with van der Waals surface area (Å²) in [6.45, 7) is 0. The molecular weight excluding hydrogens is 158 g/mol. The normalized spacial score (nSPS) is 8.67. The fraction of sp³-hybridized carbons (Fsp3) is 0. The molecule has 0 unspecified atom stereocenters. The van der Waals surface area contributed by atoms with E-state index in [0.717, 1.165) is 0 Å². The molecule has 0 atom stereocenters. The van der Waals surface area contributed by atoms with Crippen molar-refractivity contribution in [2.45, 2.75) is 0 Å². The highest BCUT2D eigenvalue weighted by Gasteiger charge is 1.93. The molecule has 2 amide bonds. The van der Waals surface area contributed by atoms with Gasteiger partial charge in [0.2, 0.25) is 12.8 Å². The summed E-state index contributed by atoms with van der Waals surface area (Å²) in [4.78, 5) is 23.9. The number of nitrogens with zero attached hydrogens (tertiary/aromatic N) is 1. The number of pyridine rings is 1. The lowest BCUT2D eigenvalue weighted by Crippen LogP contribution is -2.01. The third-order valence-electron chi connectivity index (χ3n) is 1.16. The molecule has 12 heavy (non-hydrogen) atoms. The van der Waals surface area contributed by atoms with Gasteiger partial charge < -0.3 is 10.6 Å². The zero-order valence-electron chi connectivity index (χ0n) is 6.15. The highest BCUT2D eigenvalue weighted by molar-refractivity contribution is 5.72. The van der Waals surface area contributed by atoms with Crippen molar-refractivity contribution in [3.63, 3.8) is 0 Å². The first-order valence-electron chi connectivity index (χ1n) is 3.24. The van der Waals surface area contributed by atoms with Gasteiger partial charge in [-0.1, -0.05) is 6.07 Å². The zero-order valence-corrected chi connectivity index (χ0v) is 6.15. The van der Waals surface area contributed by atoms with E-state index in [4.69, 9.17) is 0 Å². The Bertz CT molecular complexity index is 262. The summed E-state index contributed by atoms with van der Waals surface area (Å²) < 4.78 is 0. The van der Waals surface area contributed by atoms with E-state index in [1.54, 1.807) is 18.2 Å². The minimum absolute atomic E-state index is 0.400. The standard InChI is InChI=1S/C7H7N3O2/c11-4-8-6-2-1-3-7(10-6)9-5-12/h1-5H,(H2,8,9,10,11,12). The van der Waals surface area contributed by atoms with Crippen molar-refractivity contribution >= 4 is 24.5 Å². The molecule has 5 heteroatoms. The van der Waals surface area contributed by atoms with E-state index in [1.165, 1.54) is 0 Å². The molecule has 0 aliphatic heterocycles. The summed E-state index contributed by atoms with van der Waals surface area (Å²) in [5.41, 5.74) is 0. The summed E-state index contributed by atoms with van der Waals surface area (Å²) >= 11 is 0. The number of hydrogen-bond donors (Lipinski definition) is 2. The Kier molecular flexibility index (Phi) is 2.78. The highest BCUT2D eigenvalue weighted by Crippen LogP contribution is 2.06. The third-order valence-corrected chi connectivity index (χ3v) is 1.16. The first kappa shape index (κ1) is 8.19. The quantitative estimate of drug-likeness (QED) is 0.627. The largest absolute Gasteiger partial charge is 0.313 e. The van der Waals surface area contributed by atoms with Crippen LogP contribution in [0.3, 0.4) is 0 Å². The van der Waals surface area contributed by atoms with E-state index >= 15 is 0 Å². The molecular formula is C7H7N3O2. The van der Waals surface area contributed by atoms with Gasteiger partial charge in [0.1, 0.15) is 11.6 Å². The van der Waals surface area contributed by atoms with Crippen LogP contribution in [0.2, 0.25) is 0 Å². The number of nitrogens with one attached hydrogen (secondary N) is 2. The predicted octanol–water partition coefficient (Wildman–Crippen LogP) is 0.218. The number of amides is 2. The van der Waals surface area contributed by atoms with Crippen LogP contribution in [0.25, 0.3) is 0 Å². The van der Waals surface area contributed by atoms with Crippen molar-refractivity contribution in [3.8, 4) is 0 Å². The lowest BCUT2D eigenvalue weighted by Gasteiger charge is -1.99. The summed E-state index contributed by atoms with van der Waals surface area (Å²) in [7, 11) is 0. The Morgan fingerprint density at radius 1 is 1.08 bits per heavy atom. The second-order valence-corrected chi connectivity index (χ2v) is 1.93. The number of aromatic nitrogens is 1. The second kappa shape index (κ2) is 4.07. The Morgan fingerprint density at radius 2 is 1.58 bits per heavy atom. The highest BCUT2D eigenvalue weighted by atomic mass is 16.1. The summed E-state index contributed by atoms with van der Waals surface area (Å²) in [6.07, 6.45) is 1.04. The maximum atomic E-state index is 10.0. The number of anilines is 2. The first-order valence-corrected chi connectivity index (χ1v) is 3.24. The van der Waals surface area contributed by atoms with Crippen LogP contribution >= 0.6 is 0 Å². The van der Waals surface area contributed by atoms with E-state index in [-0.39, 0.29) is 0 Å². The van der Waals surface area contributed by atoms with Crippen LogP contribution in [0.4, 0.5) is 11.6 Å². The van der Waals surface area contributed by atoms with E-state index in [0.29, 0.717) is 24.5 Å². The number of rotatable bonds is 4. The van der Waals surface area contributed by atoms with Crippen LogP contribution in [-0.2, 0) is 9.59 Å². The van der Waals surface area contributed by atoms with Gasteiger partial charge in [0, 0.05) is 0 Å². The van der Waals surface area contributed by atoms with E-state index in [2.05, 4.69) is 15.6 Å². The van der Waals surface area contributed by atoms with Crippen molar-refractivity contribution in [3.05, 3.63) is 18.2 Å². The van der Waals surface area contributed by atoms with Crippen LogP contribution in [-0.4, -0.2) is 17.8 Å². The average Bonchev–Trinajstić information content (AvgIpc) is 2.06. The smallest absolute Gasteiger partial charge is 0.212 e. The topological polar surface area (TPSA) is 71.1 Å². The molecule has 1 heterocycles. The van der Waals surface area contributed by atoms with Crippen LogP contribution < -0.4 is 10.6 Å². The van der Waals surface area contributed by atoms with Gasteiger partial charge in [0.05, 0.1) is 0 Å². The van der Waals surface area contributed by atoms with Gasteiger partial charge in [-0.25, -0.2) is 4.98 Å². The molecule has 1 aromatic heterocycles. The van der Waals surface area contributed by atoms with Crippen LogP contribution in [0, 0.1) is 0 Å². The molecule has 0 saturated carbocycles. The molecule has 1 rings (SSSR count). The molecule has 0 radical (unpaired) electrons. The predicted molar refractivity (Wildman–Crippen MR) is 43.6 cm³/mol. The van der Waals surface area contributed by atoms with E-state index in [9.17, 15) is 9.59 Å².